The standard InChI is InChI=1S/C13H11NO3.ClH/c15-13(16)9-10-1-3-11(4-2-10)17-12-5-7-14-8-6-12;/h1-8H,9H2,(H,15,16);1H. The summed E-state index contributed by atoms with van der Waals surface area (Å²) < 4.78 is 5.55. The molecule has 5 heteroatoms. The van der Waals surface area contributed by atoms with E-state index in [1.54, 1.807) is 48.8 Å². The van der Waals surface area contributed by atoms with Crippen LogP contribution in [0.5, 0.6) is 11.5 Å². The van der Waals surface area contributed by atoms with Gasteiger partial charge in [0.05, 0.1) is 6.42 Å². The molecule has 94 valence electrons. The normalized spacial score (nSPS) is 9.33. The molecule has 1 N–H and O–H groups in total. The van der Waals surface area contributed by atoms with Crippen molar-refractivity contribution in [1.82, 2.24) is 4.98 Å². The number of pyridine rings is 1. The summed E-state index contributed by atoms with van der Waals surface area (Å²) in [4.78, 5) is 14.4. The van der Waals surface area contributed by atoms with E-state index in [9.17, 15) is 4.79 Å². The molecule has 1 heterocycles. The van der Waals surface area contributed by atoms with Gasteiger partial charge >= 0.3 is 5.97 Å². The first-order valence-electron chi connectivity index (χ1n) is 5.12. The average molecular weight is 266 g/mol. The van der Waals surface area contributed by atoms with E-state index >= 15 is 0 Å². The van der Waals surface area contributed by atoms with Crippen molar-refractivity contribution in [2.45, 2.75) is 6.42 Å². The molecule has 0 radical (unpaired) electrons. The van der Waals surface area contributed by atoms with Gasteiger partial charge in [0.2, 0.25) is 0 Å². The fourth-order valence-corrected chi connectivity index (χ4v) is 1.39. The van der Waals surface area contributed by atoms with Crippen LogP contribution >= 0.6 is 12.4 Å². The first-order chi connectivity index (χ1) is 8.24. The van der Waals surface area contributed by atoms with E-state index in [0.29, 0.717) is 11.5 Å². The monoisotopic (exact) mass is 265 g/mol. The van der Waals surface area contributed by atoms with Gasteiger partial charge in [-0.1, -0.05) is 12.1 Å². The Morgan fingerprint density at radius 2 is 1.61 bits per heavy atom. The first-order valence-corrected chi connectivity index (χ1v) is 5.12. The zero-order valence-corrected chi connectivity index (χ0v) is 10.3. The van der Waals surface area contributed by atoms with Gasteiger partial charge in [0.15, 0.2) is 0 Å². The van der Waals surface area contributed by atoms with Gasteiger partial charge < -0.3 is 9.84 Å². The number of benzene rings is 1. The molecule has 2 rings (SSSR count). The zero-order valence-electron chi connectivity index (χ0n) is 9.45. The van der Waals surface area contributed by atoms with Gasteiger partial charge in [0, 0.05) is 12.4 Å². The topological polar surface area (TPSA) is 59.4 Å². The van der Waals surface area contributed by atoms with Gasteiger partial charge in [-0.25, -0.2) is 0 Å². The van der Waals surface area contributed by atoms with Crippen molar-refractivity contribution in [2.75, 3.05) is 0 Å². The summed E-state index contributed by atoms with van der Waals surface area (Å²) in [7, 11) is 0. The van der Waals surface area contributed by atoms with Crippen LogP contribution in [0.15, 0.2) is 48.8 Å². The van der Waals surface area contributed by atoms with E-state index in [0.717, 1.165) is 5.56 Å². The molecule has 0 atom stereocenters. The second kappa shape index (κ2) is 6.61. The summed E-state index contributed by atoms with van der Waals surface area (Å²) in [5, 5.41) is 8.63. The molecule has 0 saturated carbocycles. The second-order valence-corrected chi connectivity index (χ2v) is 3.50. The van der Waals surface area contributed by atoms with Crippen LogP contribution in [0.1, 0.15) is 5.56 Å². The Bertz CT molecular complexity index is 499. The average Bonchev–Trinajstić information content (AvgIpc) is 2.32. The van der Waals surface area contributed by atoms with Crippen molar-refractivity contribution in [3.8, 4) is 11.5 Å². The van der Waals surface area contributed by atoms with E-state index in [1.807, 2.05) is 0 Å². The number of hydrogen-bond donors (Lipinski definition) is 1. The molecule has 0 aliphatic carbocycles. The maximum Gasteiger partial charge on any atom is 0.307 e. The Morgan fingerprint density at radius 3 is 2.17 bits per heavy atom. The maximum absolute atomic E-state index is 10.5. The van der Waals surface area contributed by atoms with Crippen LogP contribution < -0.4 is 4.74 Å². The van der Waals surface area contributed by atoms with Gasteiger partial charge in [-0.05, 0) is 29.8 Å². The molecule has 0 unspecified atom stereocenters. The van der Waals surface area contributed by atoms with Crippen LogP contribution in [0, 0.1) is 0 Å². The Labute approximate surface area is 111 Å². The lowest BCUT2D eigenvalue weighted by Crippen LogP contribution is -1.99. The molecule has 0 aliphatic heterocycles. The van der Waals surface area contributed by atoms with E-state index < -0.39 is 5.97 Å². The Hall–Kier alpha value is -2.07. The molecular weight excluding hydrogens is 254 g/mol. The van der Waals surface area contributed by atoms with Gasteiger partial charge in [-0.15, -0.1) is 12.4 Å². The highest BCUT2D eigenvalue weighted by Crippen LogP contribution is 2.20. The molecule has 0 spiro atoms. The van der Waals surface area contributed by atoms with Crippen molar-refractivity contribution in [2.24, 2.45) is 0 Å². The number of halogens is 1. The van der Waals surface area contributed by atoms with Crippen LogP contribution in [-0.4, -0.2) is 16.1 Å². The maximum atomic E-state index is 10.5. The van der Waals surface area contributed by atoms with E-state index in [-0.39, 0.29) is 18.8 Å². The minimum atomic E-state index is -0.840. The summed E-state index contributed by atoms with van der Waals surface area (Å²) in [6.07, 6.45) is 3.32. The third-order valence-electron chi connectivity index (χ3n) is 2.16. The minimum absolute atomic E-state index is 0. The van der Waals surface area contributed by atoms with E-state index in [2.05, 4.69) is 4.98 Å². The van der Waals surface area contributed by atoms with Crippen molar-refractivity contribution in [3.05, 3.63) is 54.4 Å². The number of carbonyl (C=O) groups is 1. The summed E-state index contributed by atoms with van der Waals surface area (Å²) in [6.45, 7) is 0. The molecule has 2 aromatic rings. The number of carboxylic acids is 1. The summed E-state index contributed by atoms with van der Waals surface area (Å²) in [5.74, 6) is 0.532. The van der Waals surface area contributed by atoms with Crippen LogP contribution in [0.4, 0.5) is 0 Å². The first kappa shape index (κ1) is 14.0. The fourth-order valence-electron chi connectivity index (χ4n) is 1.39. The third kappa shape index (κ3) is 4.07. The number of aliphatic carboxylic acids is 1. The number of ether oxygens (including phenoxy) is 1. The van der Waals surface area contributed by atoms with Gasteiger partial charge in [0.1, 0.15) is 11.5 Å². The number of carboxylic acid groups (broad SMARTS) is 1. The van der Waals surface area contributed by atoms with Crippen molar-refractivity contribution >= 4 is 18.4 Å². The zero-order chi connectivity index (χ0) is 12.1. The van der Waals surface area contributed by atoms with Gasteiger partial charge in [0.25, 0.3) is 0 Å². The molecule has 1 aromatic carbocycles. The van der Waals surface area contributed by atoms with Crippen LogP contribution in [0.25, 0.3) is 0 Å². The Kier molecular flexibility index (Phi) is 5.14. The molecule has 0 amide bonds. The molecule has 0 bridgehead atoms. The van der Waals surface area contributed by atoms with Crippen molar-refractivity contribution in [3.63, 3.8) is 0 Å². The second-order valence-electron chi connectivity index (χ2n) is 3.50. The number of nitrogens with zero attached hydrogens (tertiary/aromatic N) is 1. The van der Waals surface area contributed by atoms with Crippen LogP contribution in [-0.2, 0) is 11.2 Å². The fraction of sp³-hybridized carbons (Fsp3) is 0.0769. The quantitative estimate of drug-likeness (QED) is 0.923. The predicted molar refractivity (Wildman–Crippen MR) is 69.3 cm³/mol. The molecule has 1 aromatic heterocycles. The lowest BCUT2D eigenvalue weighted by atomic mass is 10.1. The summed E-state index contributed by atoms with van der Waals surface area (Å²) in [5.41, 5.74) is 0.750. The van der Waals surface area contributed by atoms with E-state index in [4.69, 9.17) is 9.84 Å². The molecule has 0 saturated heterocycles. The van der Waals surface area contributed by atoms with Gasteiger partial charge in [-0.3, -0.25) is 9.78 Å². The van der Waals surface area contributed by atoms with Crippen LogP contribution in [0.3, 0.4) is 0 Å². The molecular formula is C13H12ClNO3. The Morgan fingerprint density at radius 1 is 1.06 bits per heavy atom. The minimum Gasteiger partial charge on any atom is -0.481 e. The SMILES string of the molecule is Cl.O=C(O)Cc1ccc(Oc2ccncc2)cc1. The third-order valence-corrected chi connectivity index (χ3v) is 2.16. The highest BCUT2D eigenvalue weighted by molar-refractivity contribution is 5.85. The predicted octanol–water partition coefficient (Wildman–Crippen LogP) is 2.92. The summed E-state index contributed by atoms with van der Waals surface area (Å²) in [6, 6.07) is 10.5. The lowest BCUT2D eigenvalue weighted by molar-refractivity contribution is -0.136. The van der Waals surface area contributed by atoms with Crippen molar-refractivity contribution < 1.29 is 14.6 Å². The largest absolute Gasteiger partial charge is 0.481 e. The smallest absolute Gasteiger partial charge is 0.307 e. The molecule has 4 nitrogen and oxygen atoms in total. The summed E-state index contributed by atoms with van der Waals surface area (Å²) >= 11 is 0. The highest BCUT2D eigenvalue weighted by Gasteiger charge is 2.01. The number of rotatable bonds is 4. The lowest BCUT2D eigenvalue weighted by Gasteiger charge is -2.05. The van der Waals surface area contributed by atoms with Gasteiger partial charge in [-0.2, -0.15) is 0 Å². The van der Waals surface area contributed by atoms with E-state index in [1.165, 1.54) is 0 Å². The highest BCUT2D eigenvalue weighted by atomic mass is 35.5. The number of hydrogen-bond acceptors (Lipinski definition) is 3. The molecule has 0 fully saturated rings. The van der Waals surface area contributed by atoms with Crippen LogP contribution in [0.2, 0.25) is 0 Å². The Balaban J connectivity index is 0.00000162. The van der Waals surface area contributed by atoms with Crippen molar-refractivity contribution in [1.29, 1.82) is 0 Å². The number of aromatic nitrogens is 1. The molecule has 0 aliphatic rings. The molecule has 18 heavy (non-hydrogen) atoms.